The van der Waals surface area contributed by atoms with E-state index in [9.17, 15) is 4.79 Å². The van der Waals surface area contributed by atoms with Crippen LogP contribution >= 0.6 is 0 Å². The number of nitrogens with zero attached hydrogens (tertiary/aromatic N) is 4. The first-order chi connectivity index (χ1) is 19.2. The summed E-state index contributed by atoms with van der Waals surface area (Å²) in [5.41, 5.74) is 6.67. The molecule has 0 aliphatic heterocycles. The number of rotatable bonds is 6. The summed E-state index contributed by atoms with van der Waals surface area (Å²) in [5.74, 6) is 0.121. The Labute approximate surface area is 249 Å². The summed E-state index contributed by atoms with van der Waals surface area (Å²) in [6.45, 7) is 26.9. The van der Waals surface area contributed by atoms with E-state index >= 15 is 0 Å². The van der Waals surface area contributed by atoms with Crippen molar-refractivity contribution in [2.45, 2.75) is 120 Å². The van der Waals surface area contributed by atoms with Crippen LogP contribution in [0.15, 0.2) is 58.7 Å². The maximum atomic E-state index is 12.3. The second kappa shape index (κ2) is 16.8. The first kappa shape index (κ1) is 35.6. The van der Waals surface area contributed by atoms with Gasteiger partial charge in [-0.05, 0) is 69.7 Å². The molecule has 6 nitrogen and oxygen atoms in total. The van der Waals surface area contributed by atoms with Gasteiger partial charge in [-0.15, -0.1) is 10.2 Å². The number of hydrogen-bond acceptors (Lipinski definition) is 4. The lowest BCUT2D eigenvalue weighted by Gasteiger charge is -2.17. The maximum Gasteiger partial charge on any atom is 0.351 e. The summed E-state index contributed by atoms with van der Waals surface area (Å²) in [7, 11) is 0. The smallest absolute Gasteiger partial charge is 0.351 e. The predicted molar refractivity (Wildman–Crippen MR) is 175 cm³/mol. The molecule has 0 saturated heterocycles. The van der Waals surface area contributed by atoms with Crippen molar-refractivity contribution >= 4 is 12.2 Å². The largest absolute Gasteiger partial charge is 0.456 e. The first-order valence-corrected chi connectivity index (χ1v) is 15.0. The van der Waals surface area contributed by atoms with Crippen molar-refractivity contribution in [2.75, 3.05) is 0 Å². The molecule has 6 heteroatoms. The van der Waals surface area contributed by atoms with Crippen molar-refractivity contribution in [3.05, 3.63) is 76.7 Å². The number of benzene rings is 2. The molecule has 0 bridgehead atoms. The molecule has 3 aromatic rings. The van der Waals surface area contributed by atoms with Gasteiger partial charge in [-0.25, -0.2) is 4.79 Å². The molecule has 3 rings (SSSR count). The van der Waals surface area contributed by atoms with Gasteiger partial charge in [0, 0.05) is 11.4 Å². The van der Waals surface area contributed by atoms with Gasteiger partial charge in [0.25, 0.3) is 0 Å². The van der Waals surface area contributed by atoms with Crippen LogP contribution in [-0.4, -0.2) is 26.9 Å². The van der Waals surface area contributed by atoms with Gasteiger partial charge < -0.3 is 4.74 Å². The highest BCUT2D eigenvalue weighted by Gasteiger charge is 2.20. The Balaban J connectivity index is 0.00000129. The topological polar surface area (TPSA) is 60.9 Å². The van der Waals surface area contributed by atoms with Gasteiger partial charge in [0.15, 0.2) is 0 Å². The molecule has 0 N–H and O–H groups in total. The van der Waals surface area contributed by atoms with E-state index in [1.54, 1.807) is 0 Å². The molecular weight excluding hydrogens is 508 g/mol. The van der Waals surface area contributed by atoms with Crippen LogP contribution in [0.25, 0.3) is 11.4 Å². The summed E-state index contributed by atoms with van der Waals surface area (Å²) in [4.78, 5) is 12.3. The molecule has 2 aromatic carbocycles. The van der Waals surface area contributed by atoms with Crippen molar-refractivity contribution in [3.8, 4) is 11.4 Å². The Hall–Kier alpha value is -3.41. The summed E-state index contributed by atoms with van der Waals surface area (Å²) < 4.78 is 9.64. The molecule has 0 saturated carbocycles. The fourth-order valence-corrected chi connectivity index (χ4v) is 4.20. The number of aromatic nitrogens is 2. The van der Waals surface area contributed by atoms with Crippen LogP contribution in [0.3, 0.4) is 0 Å². The summed E-state index contributed by atoms with van der Waals surface area (Å²) >= 11 is 0. The van der Waals surface area contributed by atoms with Crippen molar-refractivity contribution in [2.24, 2.45) is 10.2 Å². The minimum Gasteiger partial charge on any atom is -0.456 e. The Bertz CT molecular complexity index is 1250. The predicted octanol–water partition coefficient (Wildman–Crippen LogP) is 9.19. The minimum absolute atomic E-state index is 0.322. The zero-order chi connectivity index (χ0) is 31.3. The Morgan fingerprint density at radius 3 is 1.49 bits per heavy atom. The standard InChI is InChI=1S/C29H38N4O2.2C3H8/c1-19(2)23-14-10-12-16-25(23)32-21(5)22(6)33(26-17-13-11-15-24(26)20(3)4)28(32)31-30-18-27(34)35-29(7,8)9;2*1-3-2/h10-20H,1-9H3;2*3H2,1-2H3/b30-18+;;. The maximum absolute atomic E-state index is 12.3. The van der Waals surface area contributed by atoms with E-state index in [-0.39, 0.29) is 0 Å². The lowest BCUT2D eigenvalue weighted by molar-refractivity contribution is -0.145. The lowest BCUT2D eigenvalue weighted by Crippen LogP contribution is -2.27. The third-order valence-corrected chi connectivity index (χ3v) is 5.91. The quantitative estimate of drug-likeness (QED) is 0.171. The normalized spacial score (nSPS) is 11.2. The highest BCUT2D eigenvalue weighted by molar-refractivity contribution is 6.23. The Morgan fingerprint density at radius 2 is 1.15 bits per heavy atom. The van der Waals surface area contributed by atoms with E-state index in [2.05, 4.69) is 125 Å². The van der Waals surface area contributed by atoms with E-state index in [4.69, 9.17) is 4.74 Å². The van der Waals surface area contributed by atoms with Gasteiger partial charge in [-0.2, -0.15) is 0 Å². The van der Waals surface area contributed by atoms with Crippen LogP contribution in [0.2, 0.25) is 0 Å². The second-order valence-electron chi connectivity index (χ2n) is 11.9. The van der Waals surface area contributed by atoms with Crippen LogP contribution in [0.1, 0.15) is 123 Å². The molecule has 1 heterocycles. The molecule has 0 amide bonds. The van der Waals surface area contributed by atoms with E-state index in [1.807, 2.05) is 32.9 Å². The van der Waals surface area contributed by atoms with Gasteiger partial charge in [0.2, 0.25) is 5.62 Å². The number of ether oxygens (including phenoxy) is 1. The summed E-state index contributed by atoms with van der Waals surface area (Å²) in [6, 6.07) is 16.7. The van der Waals surface area contributed by atoms with Crippen LogP contribution in [0, 0.1) is 13.8 Å². The first-order valence-electron chi connectivity index (χ1n) is 15.0. The molecule has 0 spiro atoms. The summed E-state index contributed by atoms with van der Waals surface area (Å²) in [5, 5.41) is 8.79. The number of para-hydroxylation sites is 2. The number of hydrogen-bond donors (Lipinski definition) is 0. The molecular formula is C35H54N4O2. The molecule has 0 aliphatic carbocycles. The fraction of sp³-hybridized carbons (Fsp3) is 0.514. The van der Waals surface area contributed by atoms with Gasteiger partial charge in [0.05, 0.1) is 11.4 Å². The minimum atomic E-state index is -0.594. The highest BCUT2D eigenvalue weighted by Crippen LogP contribution is 2.27. The molecule has 0 atom stereocenters. The Morgan fingerprint density at radius 1 is 0.780 bits per heavy atom. The van der Waals surface area contributed by atoms with E-state index in [1.165, 1.54) is 24.0 Å². The molecule has 226 valence electrons. The van der Waals surface area contributed by atoms with Crippen LogP contribution in [-0.2, 0) is 9.53 Å². The van der Waals surface area contributed by atoms with Gasteiger partial charge >= 0.3 is 5.97 Å². The lowest BCUT2D eigenvalue weighted by atomic mass is 10.0. The monoisotopic (exact) mass is 562 g/mol. The molecule has 0 aliphatic rings. The average Bonchev–Trinajstić information content (AvgIpc) is 3.13. The zero-order valence-electron chi connectivity index (χ0n) is 27.9. The third kappa shape index (κ3) is 10.2. The SMILES string of the molecule is CCC.CCC.Cc1c(C)n(-c2ccccc2C(C)C)c(=N/N=C/C(=O)OC(C)(C)C)n1-c1ccccc1C(C)C. The second-order valence-corrected chi connectivity index (χ2v) is 11.9. The van der Waals surface area contributed by atoms with Gasteiger partial charge in [-0.3, -0.25) is 9.13 Å². The summed E-state index contributed by atoms with van der Waals surface area (Å²) in [6.07, 6.45) is 3.64. The van der Waals surface area contributed by atoms with Crippen LogP contribution in [0.5, 0.6) is 0 Å². The van der Waals surface area contributed by atoms with Crippen molar-refractivity contribution in [1.29, 1.82) is 0 Å². The third-order valence-electron chi connectivity index (χ3n) is 5.91. The van der Waals surface area contributed by atoms with Crippen LogP contribution in [0.4, 0.5) is 0 Å². The Kier molecular flexibility index (Phi) is 14.6. The average molecular weight is 563 g/mol. The number of carbonyl (C=O) groups is 1. The molecule has 1 aromatic heterocycles. The molecule has 0 fully saturated rings. The van der Waals surface area contributed by atoms with Gasteiger partial charge in [-0.1, -0.05) is 105 Å². The van der Waals surface area contributed by atoms with Gasteiger partial charge in [0.1, 0.15) is 11.8 Å². The van der Waals surface area contributed by atoms with Crippen molar-refractivity contribution in [3.63, 3.8) is 0 Å². The van der Waals surface area contributed by atoms with Crippen molar-refractivity contribution in [1.82, 2.24) is 9.13 Å². The molecule has 0 unspecified atom stereocenters. The number of imidazole rings is 1. The van der Waals surface area contributed by atoms with Crippen LogP contribution < -0.4 is 5.62 Å². The van der Waals surface area contributed by atoms with E-state index in [0.29, 0.717) is 17.5 Å². The van der Waals surface area contributed by atoms with E-state index < -0.39 is 11.6 Å². The number of esters is 1. The molecule has 41 heavy (non-hydrogen) atoms. The fourth-order valence-electron chi connectivity index (χ4n) is 4.20. The van der Waals surface area contributed by atoms with E-state index in [0.717, 1.165) is 29.0 Å². The zero-order valence-corrected chi connectivity index (χ0v) is 27.9. The highest BCUT2D eigenvalue weighted by atomic mass is 16.6. The van der Waals surface area contributed by atoms with Crippen molar-refractivity contribution < 1.29 is 9.53 Å². The number of carbonyl (C=O) groups excluding carboxylic acids is 1. The molecule has 0 radical (unpaired) electrons.